The van der Waals surface area contributed by atoms with Crippen molar-refractivity contribution in [2.24, 2.45) is 11.8 Å². The predicted molar refractivity (Wildman–Crippen MR) is 223 cm³/mol. The molecule has 0 aliphatic heterocycles. The van der Waals surface area contributed by atoms with Crippen molar-refractivity contribution in [3.63, 3.8) is 0 Å². The van der Waals surface area contributed by atoms with E-state index >= 15 is 0 Å². The zero-order valence-corrected chi connectivity index (χ0v) is 34.2. The van der Waals surface area contributed by atoms with Crippen LogP contribution in [0.4, 0.5) is 10.5 Å². The van der Waals surface area contributed by atoms with Gasteiger partial charge >= 0.3 is 6.09 Å². The van der Waals surface area contributed by atoms with Crippen LogP contribution in [0.15, 0.2) is 72.8 Å². The smallest absolute Gasteiger partial charge is 0.407 e. The second kappa shape index (κ2) is 20.2. The van der Waals surface area contributed by atoms with E-state index in [1.165, 1.54) is 0 Å². The molecule has 3 aromatic carbocycles. The molecule has 1 aliphatic carbocycles. The van der Waals surface area contributed by atoms with Crippen molar-refractivity contribution < 1.29 is 23.9 Å². The lowest BCUT2D eigenvalue weighted by Crippen LogP contribution is -2.48. The number of anilines is 1. The lowest BCUT2D eigenvalue weighted by Gasteiger charge is -2.29. The summed E-state index contributed by atoms with van der Waals surface area (Å²) >= 11 is 5.90. The fourth-order valence-electron chi connectivity index (χ4n) is 6.90. The van der Waals surface area contributed by atoms with Crippen LogP contribution in [0.1, 0.15) is 76.2 Å². The minimum absolute atomic E-state index is 0.134. The number of ether oxygens (including phenoxy) is 1. The maximum absolute atomic E-state index is 14.0. The van der Waals surface area contributed by atoms with Gasteiger partial charge in [0.2, 0.25) is 17.1 Å². The molecule has 0 unspecified atom stereocenters. The zero-order valence-electron chi connectivity index (χ0n) is 33.5. The lowest BCUT2D eigenvalue weighted by molar-refractivity contribution is -0.130. The summed E-state index contributed by atoms with van der Waals surface area (Å²) < 4.78 is 5.36. The highest BCUT2D eigenvalue weighted by molar-refractivity contribution is 6.28. The third-order valence-corrected chi connectivity index (χ3v) is 10.3. The Hall–Kier alpha value is -5.27. The van der Waals surface area contributed by atoms with Crippen molar-refractivity contribution in [3.05, 3.63) is 89.2 Å². The van der Waals surface area contributed by atoms with Gasteiger partial charge in [0.15, 0.2) is 5.82 Å². The molecule has 1 aromatic heterocycles. The highest BCUT2D eigenvalue weighted by Crippen LogP contribution is 2.29. The molecule has 0 spiro atoms. The molecule has 5 rings (SSSR count). The Labute approximate surface area is 340 Å². The molecule has 5 N–H and O–H groups in total. The first-order valence-electron chi connectivity index (χ1n) is 19.8. The van der Waals surface area contributed by atoms with Gasteiger partial charge in [-0.1, -0.05) is 50.2 Å². The van der Waals surface area contributed by atoms with E-state index in [9.17, 15) is 19.2 Å². The van der Waals surface area contributed by atoms with Crippen molar-refractivity contribution in [2.45, 2.75) is 78.4 Å². The number of aromatic nitrogens is 3. The summed E-state index contributed by atoms with van der Waals surface area (Å²) in [5, 5.41) is 19.9. The molecule has 13 nitrogen and oxygen atoms in total. The van der Waals surface area contributed by atoms with E-state index in [0.29, 0.717) is 43.0 Å². The molecule has 1 atom stereocenters. The second-order valence-electron chi connectivity index (χ2n) is 15.5. The van der Waals surface area contributed by atoms with E-state index in [2.05, 4.69) is 55.2 Å². The molecule has 1 fully saturated rings. The lowest BCUT2D eigenvalue weighted by atomic mass is 9.81. The molecular formula is C43H55ClN8O5. The Morgan fingerprint density at radius 1 is 0.877 bits per heavy atom. The molecule has 0 bridgehead atoms. The highest BCUT2D eigenvalue weighted by Gasteiger charge is 2.30. The summed E-state index contributed by atoms with van der Waals surface area (Å²) in [6, 6.07) is 21.5. The Kier molecular flexibility index (Phi) is 15.2. The maximum atomic E-state index is 14.0. The number of H-pyrrole nitrogens is 1. The molecule has 0 saturated heterocycles. The Morgan fingerprint density at radius 3 is 2.21 bits per heavy atom. The average molecular weight is 799 g/mol. The number of likely N-dealkylation sites (N-methyl/N-ethyl adjacent to an activating group) is 1. The number of halogens is 1. The number of aromatic amines is 1. The van der Waals surface area contributed by atoms with Gasteiger partial charge in [-0.05, 0) is 130 Å². The topological polar surface area (TPSA) is 170 Å². The van der Waals surface area contributed by atoms with E-state index in [1.807, 2.05) is 63.2 Å². The molecular weight excluding hydrogens is 744 g/mol. The minimum Gasteiger partial charge on any atom is -0.444 e. The number of carbonyl (C=O) groups excluding carboxylic acids is 4. The van der Waals surface area contributed by atoms with E-state index in [4.69, 9.17) is 16.3 Å². The van der Waals surface area contributed by atoms with Crippen molar-refractivity contribution in [1.29, 1.82) is 0 Å². The normalized spacial score (nSPS) is 16.1. The average Bonchev–Trinajstić information content (AvgIpc) is 3.64. The first kappa shape index (κ1) is 42.9. The largest absolute Gasteiger partial charge is 0.444 e. The Morgan fingerprint density at radius 2 is 1.56 bits per heavy atom. The van der Waals surface area contributed by atoms with Crippen LogP contribution in [-0.2, 0) is 20.7 Å². The molecule has 14 heteroatoms. The van der Waals surface area contributed by atoms with Crippen LogP contribution in [0.5, 0.6) is 0 Å². The summed E-state index contributed by atoms with van der Waals surface area (Å²) in [5.74, 6) is -0.204. The van der Waals surface area contributed by atoms with Crippen LogP contribution in [-0.4, -0.2) is 88.3 Å². The van der Waals surface area contributed by atoms with Gasteiger partial charge in [0, 0.05) is 48.8 Å². The minimum atomic E-state index is -0.880. The summed E-state index contributed by atoms with van der Waals surface area (Å²) in [6.07, 6.45) is 2.61. The summed E-state index contributed by atoms with van der Waals surface area (Å²) in [5.41, 5.74) is 3.88. The quantitative estimate of drug-likeness (QED) is 0.0819. The fraction of sp³-hybridized carbons (Fsp3) is 0.442. The van der Waals surface area contributed by atoms with Crippen LogP contribution in [0, 0.1) is 11.8 Å². The molecule has 4 aromatic rings. The number of carbonyl (C=O) groups is 4. The summed E-state index contributed by atoms with van der Waals surface area (Å²) in [4.78, 5) is 58.1. The Balaban J connectivity index is 1.27. The van der Waals surface area contributed by atoms with Crippen LogP contribution < -0.4 is 21.3 Å². The van der Waals surface area contributed by atoms with Gasteiger partial charge in [-0.15, -0.1) is 10.2 Å². The van der Waals surface area contributed by atoms with Crippen molar-refractivity contribution in [2.75, 3.05) is 38.0 Å². The Bertz CT molecular complexity index is 1970. The summed E-state index contributed by atoms with van der Waals surface area (Å²) in [6.45, 7) is 13.4. The summed E-state index contributed by atoms with van der Waals surface area (Å²) in [7, 11) is 0. The van der Waals surface area contributed by atoms with Gasteiger partial charge in [-0.2, -0.15) is 0 Å². The van der Waals surface area contributed by atoms with E-state index in [-0.39, 0.29) is 41.3 Å². The van der Waals surface area contributed by atoms with E-state index in [1.54, 1.807) is 30.3 Å². The van der Waals surface area contributed by atoms with Gasteiger partial charge in [-0.25, -0.2) is 4.79 Å². The molecule has 1 saturated carbocycles. The number of nitrogens with zero attached hydrogens (tertiary/aromatic N) is 3. The number of benzene rings is 3. The van der Waals surface area contributed by atoms with Crippen LogP contribution in [0.2, 0.25) is 5.28 Å². The van der Waals surface area contributed by atoms with Gasteiger partial charge in [0.25, 0.3) is 5.91 Å². The number of nitrogens with one attached hydrogen (secondary N) is 5. The second-order valence-corrected chi connectivity index (χ2v) is 15.8. The number of rotatable bonds is 16. The van der Waals surface area contributed by atoms with Gasteiger partial charge < -0.3 is 35.9 Å². The number of hydrogen-bond acceptors (Lipinski definition) is 8. The van der Waals surface area contributed by atoms with Gasteiger partial charge in [0.1, 0.15) is 11.6 Å². The number of alkyl carbamates (subject to hydrolysis) is 1. The van der Waals surface area contributed by atoms with Crippen molar-refractivity contribution in [1.82, 2.24) is 36.0 Å². The maximum Gasteiger partial charge on any atom is 0.407 e. The third-order valence-electron chi connectivity index (χ3n) is 10.1. The SMILES string of the molecule is CCN(CC)CCNC(=O)c1cccc(-c2cccc(C[C@H](NC(=O)C3CCC(CNC(=O)OC(C)(C)C)CC3)C(=O)Nc3ccc(-c4nnc(Cl)[nH]4)cc3)c2)c1. The molecule has 4 amide bonds. The fourth-order valence-corrected chi connectivity index (χ4v) is 7.03. The molecule has 1 aliphatic rings. The first-order chi connectivity index (χ1) is 27.3. The van der Waals surface area contributed by atoms with Crippen molar-refractivity contribution in [3.8, 4) is 22.5 Å². The van der Waals surface area contributed by atoms with Gasteiger partial charge in [0.05, 0.1) is 0 Å². The first-order valence-corrected chi connectivity index (χ1v) is 20.1. The molecule has 304 valence electrons. The predicted octanol–water partition coefficient (Wildman–Crippen LogP) is 6.86. The zero-order chi connectivity index (χ0) is 41.0. The molecule has 0 radical (unpaired) electrons. The number of hydrogen-bond donors (Lipinski definition) is 5. The van der Waals surface area contributed by atoms with Crippen LogP contribution >= 0.6 is 11.6 Å². The third kappa shape index (κ3) is 13.1. The standard InChI is InChI=1S/C43H55ClN8O5/c1-6-52(7-2)23-22-45-38(53)34-13-9-12-33(26-34)32-11-8-10-29(24-32)25-36(40(55)47-35-20-18-30(19-21-35)37-49-41(44)51-50-37)48-39(54)31-16-14-28(15-17-31)27-46-42(56)57-43(3,4)5/h8-13,18-21,24,26,28,31,36H,6-7,14-17,22-23,25,27H2,1-5H3,(H,45,53)(H,46,56)(H,47,55)(H,48,54)(H,49,50,51)/t28?,31?,36-/m0/s1. The highest BCUT2D eigenvalue weighted by atomic mass is 35.5. The van der Waals surface area contributed by atoms with Crippen LogP contribution in [0.3, 0.4) is 0 Å². The molecule has 57 heavy (non-hydrogen) atoms. The molecule has 1 heterocycles. The number of amides is 4. The van der Waals surface area contributed by atoms with E-state index < -0.39 is 17.7 Å². The van der Waals surface area contributed by atoms with Crippen LogP contribution in [0.25, 0.3) is 22.5 Å². The van der Waals surface area contributed by atoms with E-state index in [0.717, 1.165) is 54.7 Å². The van der Waals surface area contributed by atoms with Crippen molar-refractivity contribution >= 4 is 41.1 Å². The monoisotopic (exact) mass is 798 g/mol. The van der Waals surface area contributed by atoms with Gasteiger partial charge in [-0.3, -0.25) is 14.4 Å².